The van der Waals surface area contributed by atoms with E-state index in [0.717, 1.165) is 21.4 Å². The molecule has 3 rings (SSSR count). The normalized spacial score (nSPS) is 12.1. The van der Waals surface area contributed by atoms with Gasteiger partial charge in [-0.3, -0.25) is 9.36 Å². The van der Waals surface area contributed by atoms with Gasteiger partial charge in [0, 0.05) is 22.7 Å². The molecule has 0 aliphatic heterocycles. The van der Waals surface area contributed by atoms with Gasteiger partial charge in [0.05, 0.1) is 18.4 Å². The average molecular weight is 460 g/mol. The molecule has 5 nitrogen and oxygen atoms in total. The van der Waals surface area contributed by atoms with Crippen molar-refractivity contribution in [1.82, 2.24) is 14.8 Å². The zero-order valence-corrected chi connectivity index (χ0v) is 18.5. The first-order chi connectivity index (χ1) is 13.5. The van der Waals surface area contributed by atoms with Crippen molar-refractivity contribution in [3.05, 3.63) is 64.1 Å². The maximum atomic E-state index is 12.8. The van der Waals surface area contributed by atoms with Gasteiger partial charge in [-0.25, -0.2) is 0 Å². The topological polar surface area (TPSA) is 57.0 Å². The number of hydrogen-bond donors (Lipinski definition) is 0. The van der Waals surface area contributed by atoms with Crippen LogP contribution in [-0.2, 0) is 11.3 Å². The van der Waals surface area contributed by atoms with Gasteiger partial charge in [0.25, 0.3) is 0 Å². The lowest BCUT2D eigenvalue weighted by Crippen LogP contribution is -2.15. The van der Waals surface area contributed by atoms with Crippen molar-refractivity contribution < 1.29 is 9.53 Å². The van der Waals surface area contributed by atoms with Crippen molar-refractivity contribution in [2.75, 3.05) is 13.7 Å². The van der Waals surface area contributed by atoms with Crippen LogP contribution in [0.5, 0.6) is 0 Å². The number of methoxy groups -OCH3 is 1. The number of benzene rings is 2. The Labute approximate surface area is 177 Å². The number of carbonyl (C=O) groups is 1. The van der Waals surface area contributed by atoms with Crippen LogP contribution in [0, 0.1) is 6.92 Å². The highest BCUT2D eigenvalue weighted by atomic mass is 79.9. The van der Waals surface area contributed by atoms with Gasteiger partial charge >= 0.3 is 0 Å². The van der Waals surface area contributed by atoms with Crippen LogP contribution in [0.15, 0.2) is 58.2 Å². The lowest BCUT2D eigenvalue weighted by Gasteiger charge is -2.13. The van der Waals surface area contributed by atoms with Crippen LogP contribution < -0.4 is 0 Å². The molecule has 3 aromatic rings. The molecule has 0 amide bonds. The molecule has 0 radical (unpaired) electrons. The monoisotopic (exact) mass is 459 g/mol. The summed E-state index contributed by atoms with van der Waals surface area (Å²) < 4.78 is 8.23. The van der Waals surface area contributed by atoms with E-state index in [1.54, 1.807) is 7.11 Å². The molecule has 2 aromatic carbocycles. The third-order valence-electron chi connectivity index (χ3n) is 4.29. The molecule has 0 saturated heterocycles. The van der Waals surface area contributed by atoms with Crippen LogP contribution >= 0.6 is 27.7 Å². The molecule has 0 aliphatic carbocycles. The zero-order valence-electron chi connectivity index (χ0n) is 16.1. The van der Waals surface area contributed by atoms with Gasteiger partial charge < -0.3 is 4.74 Å². The fourth-order valence-corrected chi connectivity index (χ4v) is 4.03. The second kappa shape index (κ2) is 9.49. The molecule has 0 bridgehead atoms. The molecule has 0 N–H and O–H groups in total. The number of aryl methyl sites for hydroxylation is 1. The van der Waals surface area contributed by atoms with Crippen molar-refractivity contribution in [1.29, 1.82) is 0 Å². The molecule has 28 heavy (non-hydrogen) atoms. The molecular formula is C21H22BrN3O2S. The fraction of sp³-hybridized carbons (Fsp3) is 0.286. The van der Waals surface area contributed by atoms with E-state index >= 15 is 0 Å². The van der Waals surface area contributed by atoms with Crippen LogP contribution in [0.25, 0.3) is 11.4 Å². The van der Waals surface area contributed by atoms with Gasteiger partial charge in [-0.15, -0.1) is 10.2 Å². The Morgan fingerprint density at radius 1 is 1.21 bits per heavy atom. The number of nitrogens with zero attached hydrogens (tertiary/aromatic N) is 3. The second-order valence-corrected chi connectivity index (χ2v) is 8.67. The summed E-state index contributed by atoms with van der Waals surface area (Å²) in [6, 6.07) is 15.6. The molecule has 0 spiro atoms. The van der Waals surface area contributed by atoms with Crippen LogP contribution in [0.3, 0.4) is 0 Å². The summed E-state index contributed by atoms with van der Waals surface area (Å²) in [5.41, 5.74) is 2.85. The number of aromatic nitrogens is 3. The minimum absolute atomic E-state index is 0.0656. The summed E-state index contributed by atoms with van der Waals surface area (Å²) in [5, 5.41) is 9.20. The van der Waals surface area contributed by atoms with E-state index in [1.165, 1.54) is 11.8 Å². The van der Waals surface area contributed by atoms with Gasteiger partial charge in [0.15, 0.2) is 16.8 Å². The molecular weight excluding hydrogens is 438 g/mol. The third kappa shape index (κ3) is 4.90. The highest BCUT2D eigenvalue weighted by Gasteiger charge is 2.22. The number of ether oxygens (including phenoxy) is 1. The van der Waals surface area contributed by atoms with Crippen LogP contribution in [-0.4, -0.2) is 39.5 Å². The predicted molar refractivity (Wildman–Crippen MR) is 116 cm³/mol. The quantitative estimate of drug-likeness (QED) is 0.349. The van der Waals surface area contributed by atoms with Gasteiger partial charge in [-0.2, -0.15) is 0 Å². The zero-order chi connectivity index (χ0) is 20.1. The standard InChI is InChI=1S/C21H22BrN3O2S/c1-14-5-4-6-17(13-14)20-23-24-21(25(20)11-12-27-3)28-15(2)19(26)16-7-9-18(22)10-8-16/h4-10,13,15H,11-12H2,1-3H3. The number of thioether (sulfide) groups is 1. The van der Waals surface area contributed by atoms with Crippen molar-refractivity contribution in [3.8, 4) is 11.4 Å². The third-order valence-corrected chi connectivity index (χ3v) is 5.90. The SMILES string of the molecule is COCCn1c(SC(C)C(=O)c2ccc(Br)cc2)nnc1-c1cccc(C)c1. The molecule has 1 aromatic heterocycles. The summed E-state index contributed by atoms with van der Waals surface area (Å²) in [7, 11) is 1.67. The summed E-state index contributed by atoms with van der Waals surface area (Å²) in [6.45, 7) is 5.11. The number of carbonyl (C=O) groups excluding carboxylic acids is 1. The number of Topliss-reactive ketones (excluding diaryl/α,β-unsaturated/α-hetero) is 1. The van der Waals surface area contributed by atoms with Gasteiger partial charge in [0.1, 0.15) is 0 Å². The largest absolute Gasteiger partial charge is 0.383 e. The maximum Gasteiger partial charge on any atom is 0.192 e. The minimum atomic E-state index is -0.281. The Bertz CT molecular complexity index is 957. The number of halogens is 1. The van der Waals surface area contributed by atoms with Crippen molar-refractivity contribution >= 4 is 33.5 Å². The highest BCUT2D eigenvalue weighted by molar-refractivity contribution is 9.10. The van der Waals surface area contributed by atoms with Crippen molar-refractivity contribution in [2.45, 2.75) is 30.8 Å². The van der Waals surface area contributed by atoms with Crippen molar-refractivity contribution in [3.63, 3.8) is 0 Å². The highest BCUT2D eigenvalue weighted by Crippen LogP contribution is 2.29. The van der Waals surface area contributed by atoms with Gasteiger partial charge in [0.2, 0.25) is 0 Å². The summed E-state index contributed by atoms with van der Waals surface area (Å²) in [6.07, 6.45) is 0. The summed E-state index contributed by atoms with van der Waals surface area (Å²) in [5.74, 6) is 0.849. The van der Waals surface area contributed by atoms with Crippen LogP contribution in [0.1, 0.15) is 22.8 Å². The first kappa shape index (κ1) is 20.8. The predicted octanol–water partition coefficient (Wildman–Crippen LogP) is 5.03. The van der Waals surface area contributed by atoms with Gasteiger partial charge in [-0.05, 0) is 32.0 Å². The Balaban J connectivity index is 1.86. The molecule has 1 heterocycles. The van der Waals surface area contributed by atoms with E-state index < -0.39 is 0 Å². The second-order valence-electron chi connectivity index (χ2n) is 6.45. The van der Waals surface area contributed by atoms with Crippen LogP contribution in [0.4, 0.5) is 0 Å². The number of ketones is 1. The molecule has 1 atom stereocenters. The molecule has 0 aliphatic rings. The van der Waals surface area contributed by atoms with E-state index in [-0.39, 0.29) is 11.0 Å². The Morgan fingerprint density at radius 2 is 1.96 bits per heavy atom. The minimum Gasteiger partial charge on any atom is -0.383 e. The number of rotatable bonds is 8. The lowest BCUT2D eigenvalue weighted by atomic mass is 10.1. The number of hydrogen-bond acceptors (Lipinski definition) is 5. The first-order valence-corrected chi connectivity index (χ1v) is 10.6. The smallest absolute Gasteiger partial charge is 0.192 e. The average Bonchev–Trinajstić information content (AvgIpc) is 3.08. The van der Waals surface area contributed by atoms with E-state index in [1.807, 2.05) is 60.9 Å². The first-order valence-electron chi connectivity index (χ1n) is 8.95. The van der Waals surface area contributed by atoms with E-state index in [0.29, 0.717) is 23.9 Å². The van der Waals surface area contributed by atoms with E-state index in [9.17, 15) is 4.79 Å². The van der Waals surface area contributed by atoms with E-state index in [4.69, 9.17) is 4.74 Å². The fourth-order valence-electron chi connectivity index (χ4n) is 2.82. The molecule has 0 fully saturated rings. The van der Waals surface area contributed by atoms with Crippen molar-refractivity contribution in [2.24, 2.45) is 0 Å². The summed E-state index contributed by atoms with van der Waals surface area (Å²) >= 11 is 4.82. The van der Waals surface area contributed by atoms with Crippen LogP contribution in [0.2, 0.25) is 0 Å². The van der Waals surface area contributed by atoms with Gasteiger partial charge in [-0.1, -0.05) is 63.6 Å². The molecule has 1 unspecified atom stereocenters. The molecule has 146 valence electrons. The lowest BCUT2D eigenvalue weighted by molar-refractivity contribution is 0.0994. The Hall–Kier alpha value is -1.96. The molecule has 0 saturated carbocycles. The Morgan fingerprint density at radius 3 is 2.64 bits per heavy atom. The summed E-state index contributed by atoms with van der Waals surface area (Å²) in [4.78, 5) is 12.8. The maximum absolute atomic E-state index is 12.8. The Kier molecular flexibility index (Phi) is 7.04. The molecule has 7 heteroatoms. The van der Waals surface area contributed by atoms with E-state index in [2.05, 4.69) is 32.2 Å².